The molecule has 53 heavy (non-hydrogen) atoms. The first kappa shape index (κ1) is 37.9. The molecule has 2 aliphatic heterocycles. The van der Waals surface area contributed by atoms with Gasteiger partial charge in [-0.1, -0.05) is 37.5 Å². The maximum absolute atomic E-state index is 15.0. The Labute approximate surface area is 313 Å². The van der Waals surface area contributed by atoms with E-state index in [0.717, 1.165) is 61.6 Å². The lowest BCUT2D eigenvalue weighted by atomic mass is 9.75. The molecular formula is C43H53NO9. The van der Waals surface area contributed by atoms with Crippen molar-refractivity contribution in [2.24, 2.45) is 5.92 Å². The molecule has 1 aliphatic carbocycles. The number of nitrogens with zero attached hydrogens (tertiary/aromatic N) is 1. The second kappa shape index (κ2) is 18.3. The minimum absolute atomic E-state index is 0.0493. The zero-order chi connectivity index (χ0) is 37.2. The Morgan fingerprint density at radius 2 is 1.47 bits per heavy atom. The fourth-order valence-corrected chi connectivity index (χ4v) is 8.01. The van der Waals surface area contributed by atoms with E-state index in [1.165, 1.54) is 0 Å². The molecule has 2 fully saturated rings. The van der Waals surface area contributed by atoms with Crippen LogP contribution in [-0.2, 0) is 20.7 Å². The normalized spacial score (nSPS) is 22.0. The number of methoxy groups -OCH3 is 4. The Balaban J connectivity index is 1.37. The first-order valence-corrected chi connectivity index (χ1v) is 18.9. The number of aryl methyl sites for hydroxylation is 1. The van der Waals surface area contributed by atoms with Crippen molar-refractivity contribution in [1.82, 2.24) is 4.90 Å². The number of benzene rings is 3. The van der Waals surface area contributed by atoms with E-state index in [9.17, 15) is 4.79 Å². The summed E-state index contributed by atoms with van der Waals surface area (Å²) in [6, 6.07) is 16.6. The van der Waals surface area contributed by atoms with Crippen molar-refractivity contribution in [3.05, 3.63) is 83.4 Å². The minimum atomic E-state index is -0.701. The average Bonchev–Trinajstić information content (AvgIpc) is 3.20. The van der Waals surface area contributed by atoms with Gasteiger partial charge in [0, 0.05) is 6.54 Å². The van der Waals surface area contributed by atoms with E-state index >= 15 is 4.79 Å². The molecule has 0 N–H and O–H groups in total. The quantitative estimate of drug-likeness (QED) is 0.169. The van der Waals surface area contributed by atoms with Gasteiger partial charge >= 0.3 is 5.97 Å². The molecule has 284 valence electrons. The number of amides is 1. The number of rotatable bonds is 8. The minimum Gasteiger partial charge on any atom is -0.493 e. The first-order chi connectivity index (χ1) is 25.9. The largest absolute Gasteiger partial charge is 0.493 e. The summed E-state index contributed by atoms with van der Waals surface area (Å²) in [6.07, 6.45) is 11.7. The highest BCUT2D eigenvalue weighted by Gasteiger charge is 2.41. The predicted molar refractivity (Wildman–Crippen MR) is 201 cm³/mol. The van der Waals surface area contributed by atoms with Gasteiger partial charge in [0.1, 0.15) is 31.1 Å². The van der Waals surface area contributed by atoms with E-state index in [1.54, 1.807) is 33.3 Å². The van der Waals surface area contributed by atoms with Crippen LogP contribution in [0.25, 0.3) is 0 Å². The fraction of sp³-hybridized carbons (Fsp3) is 0.488. The molecule has 1 saturated carbocycles. The van der Waals surface area contributed by atoms with Gasteiger partial charge in [-0.2, -0.15) is 0 Å². The zero-order valence-electron chi connectivity index (χ0n) is 31.5. The molecule has 3 atom stereocenters. The molecule has 10 heteroatoms. The highest BCUT2D eigenvalue weighted by Crippen LogP contribution is 2.45. The van der Waals surface area contributed by atoms with Crippen molar-refractivity contribution in [2.45, 2.75) is 82.3 Å². The summed E-state index contributed by atoms with van der Waals surface area (Å²) in [7, 11) is 6.40. The molecule has 0 unspecified atom stereocenters. The molecule has 3 aromatic rings. The molecule has 4 bridgehead atoms. The van der Waals surface area contributed by atoms with Gasteiger partial charge in [-0.25, -0.2) is 4.79 Å². The Bertz CT molecular complexity index is 1730. The van der Waals surface area contributed by atoms with Gasteiger partial charge in [0.25, 0.3) is 0 Å². The Hall–Kier alpha value is -4.86. The topological polar surface area (TPSA) is 102 Å². The van der Waals surface area contributed by atoms with Gasteiger partial charge < -0.3 is 38.1 Å². The summed E-state index contributed by atoms with van der Waals surface area (Å²) in [6.45, 7) is 1.07. The van der Waals surface area contributed by atoms with Gasteiger partial charge in [0.15, 0.2) is 23.0 Å². The van der Waals surface area contributed by atoms with Crippen LogP contribution in [0, 0.1) is 5.92 Å². The Morgan fingerprint density at radius 3 is 2.23 bits per heavy atom. The Morgan fingerprint density at radius 1 is 0.717 bits per heavy atom. The number of hydrogen-bond donors (Lipinski definition) is 0. The van der Waals surface area contributed by atoms with Crippen molar-refractivity contribution in [3.63, 3.8) is 0 Å². The zero-order valence-corrected chi connectivity index (χ0v) is 31.5. The Kier molecular flexibility index (Phi) is 13.0. The third kappa shape index (κ3) is 9.03. The van der Waals surface area contributed by atoms with Crippen LogP contribution in [0.1, 0.15) is 86.5 Å². The standard InChI is InChI=1S/C43H53NO9/c1-47-36-21-19-29(25-37(36)48-2)18-20-35-31-15-12-16-33(26-31)51-23-10-11-24-52-39-28-32(27-38(49-3)41(39)50-4)40(30-13-6-5-7-14-30)42(45)44-22-9-8-17-34(44)43(46)53-35/h10-12,15-16,19,21,25-28,30,34-35,40H,5-9,13-14,17-18,20,22-24H2,1-4H3/b11-10+/t34-,35+,40-/m0/s1. The van der Waals surface area contributed by atoms with Crippen LogP contribution < -0.4 is 28.4 Å². The highest BCUT2D eigenvalue weighted by atomic mass is 16.5. The lowest BCUT2D eigenvalue weighted by molar-refractivity contribution is -0.163. The summed E-state index contributed by atoms with van der Waals surface area (Å²) >= 11 is 0. The lowest BCUT2D eigenvalue weighted by Gasteiger charge is -2.40. The smallest absolute Gasteiger partial charge is 0.329 e. The summed E-state index contributed by atoms with van der Waals surface area (Å²) in [4.78, 5) is 31.2. The SMILES string of the molecule is COc1ccc(CC[C@H]2OC(=O)[C@@H]3CCCCN3C(=O)[C@@H](C3CCCCC3)c3cc(OC)c(OC)c(c3)OC/C=C/COc3cccc2c3)cc1OC. The van der Waals surface area contributed by atoms with Crippen molar-refractivity contribution >= 4 is 11.9 Å². The van der Waals surface area contributed by atoms with Gasteiger partial charge in [-0.05, 0) is 116 Å². The molecule has 0 aromatic heterocycles. The lowest BCUT2D eigenvalue weighted by Crippen LogP contribution is -2.51. The molecular weight excluding hydrogens is 674 g/mol. The van der Waals surface area contributed by atoms with Crippen molar-refractivity contribution in [1.29, 1.82) is 0 Å². The van der Waals surface area contributed by atoms with E-state index in [-0.39, 0.29) is 24.4 Å². The molecule has 10 nitrogen and oxygen atoms in total. The van der Waals surface area contributed by atoms with Crippen LogP contribution in [-0.4, -0.2) is 71.0 Å². The predicted octanol–water partition coefficient (Wildman–Crippen LogP) is 8.01. The number of carbonyl (C=O) groups excluding carboxylic acids is 2. The van der Waals surface area contributed by atoms with E-state index in [4.69, 9.17) is 33.2 Å². The maximum Gasteiger partial charge on any atom is 0.329 e. The molecule has 1 saturated heterocycles. The molecule has 6 rings (SSSR count). The summed E-state index contributed by atoms with van der Waals surface area (Å²) < 4.78 is 41.4. The van der Waals surface area contributed by atoms with Crippen LogP contribution in [0.4, 0.5) is 0 Å². The van der Waals surface area contributed by atoms with Crippen LogP contribution in [0.3, 0.4) is 0 Å². The fourth-order valence-electron chi connectivity index (χ4n) is 8.01. The summed E-state index contributed by atoms with van der Waals surface area (Å²) in [5.41, 5.74) is 2.65. The monoisotopic (exact) mass is 727 g/mol. The number of carbonyl (C=O) groups is 2. The van der Waals surface area contributed by atoms with Gasteiger partial charge in [-0.15, -0.1) is 0 Å². The van der Waals surface area contributed by atoms with E-state index in [1.807, 2.05) is 66.7 Å². The number of cyclic esters (lactones) is 1. The van der Waals surface area contributed by atoms with Crippen molar-refractivity contribution < 1.29 is 42.7 Å². The number of ether oxygens (including phenoxy) is 7. The molecule has 0 radical (unpaired) electrons. The van der Waals surface area contributed by atoms with Crippen LogP contribution in [0.5, 0.6) is 34.5 Å². The van der Waals surface area contributed by atoms with Gasteiger partial charge in [0.2, 0.25) is 11.7 Å². The summed E-state index contributed by atoms with van der Waals surface area (Å²) in [5, 5.41) is 0. The first-order valence-electron chi connectivity index (χ1n) is 18.9. The number of hydrogen-bond acceptors (Lipinski definition) is 9. The van der Waals surface area contributed by atoms with Crippen molar-refractivity contribution in [3.8, 4) is 34.5 Å². The average molecular weight is 728 g/mol. The van der Waals surface area contributed by atoms with Crippen LogP contribution in [0.15, 0.2) is 66.7 Å². The molecule has 2 heterocycles. The summed E-state index contributed by atoms with van der Waals surface area (Å²) in [5.74, 6) is 2.61. The van der Waals surface area contributed by atoms with E-state index in [0.29, 0.717) is 66.9 Å². The van der Waals surface area contributed by atoms with Crippen LogP contribution in [0.2, 0.25) is 0 Å². The number of esters is 1. The molecule has 1 amide bonds. The van der Waals surface area contributed by atoms with Crippen molar-refractivity contribution in [2.75, 3.05) is 48.2 Å². The third-order valence-corrected chi connectivity index (χ3v) is 10.8. The van der Waals surface area contributed by atoms with Gasteiger partial charge in [-0.3, -0.25) is 4.79 Å². The van der Waals surface area contributed by atoms with E-state index < -0.39 is 18.1 Å². The van der Waals surface area contributed by atoms with Crippen LogP contribution >= 0.6 is 0 Å². The maximum atomic E-state index is 15.0. The number of fused-ring (bicyclic) bond motifs is 5. The second-order valence-corrected chi connectivity index (χ2v) is 14.0. The van der Waals surface area contributed by atoms with Gasteiger partial charge in [0.05, 0.1) is 34.4 Å². The molecule has 3 aromatic carbocycles. The molecule has 3 aliphatic rings. The second-order valence-electron chi connectivity index (χ2n) is 14.0. The third-order valence-electron chi connectivity index (χ3n) is 10.8. The highest BCUT2D eigenvalue weighted by molar-refractivity contribution is 5.89. The molecule has 0 spiro atoms. The number of piperidine rings is 1. The van der Waals surface area contributed by atoms with E-state index in [2.05, 4.69) is 0 Å².